The molecule has 1 aromatic heterocycles. The molecule has 27 heavy (non-hydrogen) atoms. The van der Waals surface area contributed by atoms with Gasteiger partial charge in [-0.3, -0.25) is 4.98 Å². The summed E-state index contributed by atoms with van der Waals surface area (Å²) >= 11 is 18.8. The lowest BCUT2D eigenvalue weighted by molar-refractivity contribution is 0.186. The molecule has 0 amide bonds. The minimum atomic E-state index is -1.84. The number of pyridine rings is 1. The molecule has 0 fully saturated rings. The van der Waals surface area contributed by atoms with Crippen molar-refractivity contribution >= 4 is 43.1 Å². The van der Waals surface area contributed by atoms with E-state index in [0.29, 0.717) is 16.6 Å². The molecule has 1 atom stereocenters. The van der Waals surface area contributed by atoms with E-state index in [0.717, 1.165) is 40.8 Å². The molecule has 0 aliphatic rings. The van der Waals surface area contributed by atoms with E-state index in [1.807, 2.05) is 24.3 Å². The molecule has 0 aliphatic carbocycles. The molecule has 3 nitrogen and oxygen atoms in total. The molecule has 148 valence electrons. The quantitative estimate of drug-likeness (QED) is 0.404. The summed E-state index contributed by atoms with van der Waals surface area (Å²) in [5.41, 5.74) is 1.99. The first-order valence-corrected chi connectivity index (χ1v) is 13.0. The number of benzene rings is 1. The van der Waals surface area contributed by atoms with Gasteiger partial charge in [-0.15, -0.1) is 0 Å². The smallest absolute Gasteiger partial charge is 0.192 e. The second kappa shape index (κ2) is 10.8. The highest BCUT2D eigenvalue weighted by Crippen LogP contribution is 2.36. The Kier molecular flexibility index (Phi) is 9.06. The van der Waals surface area contributed by atoms with Crippen LogP contribution in [0.2, 0.25) is 33.2 Å². The first-order valence-electron chi connectivity index (χ1n) is 9.36. The van der Waals surface area contributed by atoms with Crippen molar-refractivity contribution in [1.29, 1.82) is 0 Å². The van der Waals surface area contributed by atoms with Crippen LogP contribution >= 0.6 is 34.8 Å². The van der Waals surface area contributed by atoms with Gasteiger partial charge >= 0.3 is 0 Å². The lowest BCUT2D eigenvalue weighted by Crippen LogP contribution is -2.40. The molecule has 0 spiro atoms. The van der Waals surface area contributed by atoms with Crippen molar-refractivity contribution in [2.24, 2.45) is 0 Å². The van der Waals surface area contributed by atoms with Gasteiger partial charge in [-0.2, -0.15) is 0 Å². The minimum Gasteiger partial charge on any atom is -0.409 e. The first kappa shape index (κ1) is 22.7. The molecule has 0 aliphatic heterocycles. The maximum atomic E-state index is 6.75. The van der Waals surface area contributed by atoms with E-state index in [4.69, 9.17) is 39.2 Å². The Bertz CT molecular complexity index is 695. The van der Waals surface area contributed by atoms with E-state index in [9.17, 15) is 0 Å². The van der Waals surface area contributed by atoms with Crippen LogP contribution in [0.3, 0.4) is 0 Å². The molecule has 1 aromatic carbocycles. The van der Waals surface area contributed by atoms with Crippen LogP contribution in [-0.4, -0.2) is 19.8 Å². The predicted molar refractivity (Wildman–Crippen MR) is 118 cm³/mol. The van der Waals surface area contributed by atoms with Crippen molar-refractivity contribution in [1.82, 2.24) is 10.3 Å². The molecule has 2 aromatic rings. The molecule has 1 heterocycles. The largest absolute Gasteiger partial charge is 0.409 e. The Hall–Kier alpha value is -0.623. The maximum absolute atomic E-state index is 6.75. The Morgan fingerprint density at radius 3 is 2.04 bits per heavy atom. The van der Waals surface area contributed by atoms with E-state index in [-0.39, 0.29) is 6.10 Å². The first-order chi connectivity index (χ1) is 12.9. The second-order valence-electron chi connectivity index (χ2n) is 6.62. The molecule has 0 saturated heterocycles. The topological polar surface area (TPSA) is 34.1 Å². The van der Waals surface area contributed by atoms with Gasteiger partial charge in [-0.1, -0.05) is 67.7 Å². The fraction of sp³-hybridized carbons (Fsp3) is 0.450. The Balaban J connectivity index is 2.20. The Morgan fingerprint density at radius 1 is 0.963 bits per heavy atom. The SMILES string of the molecule is CC[Si](CC)(CC)OC(CNCc1ccc(Cl)cc1)c1c(Cl)cncc1Cl. The number of hydrogen-bond acceptors (Lipinski definition) is 3. The number of nitrogens with zero attached hydrogens (tertiary/aromatic N) is 1. The standard InChI is InChI=1S/C20H27Cl3N2OSi/c1-4-27(5-2,6-3)26-19(20-17(22)12-25-13-18(20)23)14-24-11-15-7-9-16(21)10-8-15/h7-10,12-13,19,24H,4-6,11,14H2,1-3H3. The number of aromatic nitrogens is 1. The van der Waals surface area contributed by atoms with Crippen LogP contribution in [0, 0.1) is 0 Å². The van der Waals surface area contributed by atoms with E-state index in [1.165, 1.54) is 0 Å². The van der Waals surface area contributed by atoms with E-state index in [1.54, 1.807) is 12.4 Å². The summed E-state index contributed by atoms with van der Waals surface area (Å²) in [7, 11) is -1.84. The van der Waals surface area contributed by atoms with Gasteiger partial charge in [-0.25, -0.2) is 0 Å². The molecular formula is C20H27Cl3N2OSi. The monoisotopic (exact) mass is 444 g/mol. The van der Waals surface area contributed by atoms with Crippen molar-refractivity contribution in [3.05, 3.63) is 62.9 Å². The van der Waals surface area contributed by atoms with Crippen molar-refractivity contribution in [2.45, 2.75) is 51.6 Å². The fourth-order valence-corrected chi connectivity index (χ4v) is 6.72. The average molecular weight is 446 g/mol. The van der Waals surface area contributed by atoms with E-state index < -0.39 is 8.32 Å². The normalized spacial score (nSPS) is 13.0. The fourth-order valence-electron chi connectivity index (χ4n) is 3.18. The third-order valence-electron chi connectivity index (χ3n) is 5.11. The molecule has 0 radical (unpaired) electrons. The van der Waals surface area contributed by atoms with Crippen molar-refractivity contribution < 1.29 is 4.43 Å². The van der Waals surface area contributed by atoms with Gasteiger partial charge in [0.25, 0.3) is 0 Å². The van der Waals surface area contributed by atoms with Crippen LogP contribution in [0.5, 0.6) is 0 Å². The third-order valence-corrected chi connectivity index (χ3v) is 10.6. The average Bonchev–Trinajstić information content (AvgIpc) is 2.67. The van der Waals surface area contributed by atoms with E-state index in [2.05, 4.69) is 31.1 Å². The Morgan fingerprint density at radius 2 is 1.52 bits per heavy atom. The number of hydrogen-bond donors (Lipinski definition) is 1. The zero-order valence-corrected chi connectivity index (χ0v) is 19.3. The molecule has 0 bridgehead atoms. The summed E-state index contributed by atoms with van der Waals surface area (Å²) < 4.78 is 6.75. The van der Waals surface area contributed by atoms with Crippen molar-refractivity contribution in [3.63, 3.8) is 0 Å². The Labute approximate surface area is 178 Å². The summed E-state index contributed by atoms with van der Waals surface area (Å²) in [6, 6.07) is 11.0. The van der Waals surface area contributed by atoms with Gasteiger partial charge in [-0.05, 0) is 35.8 Å². The second-order valence-corrected chi connectivity index (χ2v) is 12.6. The van der Waals surface area contributed by atoms with Crippen LogP contribution in [0.4, 0.5) is 0 Å². The van der Waals surface area contributed by atoms with Gasteiger partial charge in [0.15, 0.2) is 8.32 Å². The van der Waals surface area contributed by atoms with Crippen LogP contribution in [0.1, 0.15) is 38.0 Å². The van der Waals surface area contributed by atoms with Gasteiger partial charge in [0.2, 0.25) is 0 Å². The van der Waals surface area contributed by atoms with E-state index >= 15 is 0 Å². The minimum absolute atomic E-state index is 0.202. The summed E-state index contributed by atoms with van der Waals surface area (Å²) in [4.78, 5) is 4.08. The number of nitrogens with one attached hydrogen (secondary N) is 1. The molecule has 7 heteroatoms. The molecular weight excluding hydrogens is 419 g/mol. The van der Waals surface area contributed by atoms with Gasteiger partial charge in [0.05, 0.1) is 16.1 Å². The van der Waals surface area contributed by atoms with Crippen molar-refractivity contribution in [3.8, 4) is 0 Å². The van der Waals surface area contributed by atoms with Crippen molar-refractivity contribution in [2.75, 3.05) is 6.54 Å². The van der Waals surface area contributed by atoms with Crippen LogP contribution in [0.15, 0.2) is 36.7 Å². The third kappa shape index (κ3) is 6.18. The van der Waals surface area contributed by atoms with Gasteiger partial charge < -0.3 is 9.74 Å². The zero-order valence-electron chi connectivity index (χ0n) is 16.1. The van der Waals surface area contributed by atoms with Gasteiger partial charge in [0, 0.05) is 36.1 Å². The molecule has 1 N–H and O–H groups in total. The summed E-state index contributed by atoms with van der Waals surface area (Å²) in [5, 5.41) is 5.32. The van der Waals surface area contributed by atoms with Crippen LogP contribution in [-0.2, 0) is 11.0 Å². The molecule has 2 rings (SSSR count). The van der Waals surface area contributed by atoms with Crippen LogP contribution < -0.4 is 5.32 Å². The molecule has 1 unspecified atom stereocenters. The van der Waals surface area contributed by atoms with Gasteiger partial charge in [0.1, 0.15) is 0 Å². The summed E-state index contributed by atoms with van der Waals surface area (Å²) in [5.74, 6) is 0. The highest BCUT2D eigenvalue weighted by molar-refractivity contribution is 6.73. The zero-order chi connectivity index (χ0) is 19.9. The number of halogens is 3. The summed E-state index contributed by atoms with van der Waals surface area (Å²) in [6.07, 6.45) is 3.06. The molecule has 0 saturated carbocycles. The predicted octanol–water partition coefficient (Wildman–Crippen LogP) is 6.89. The summed E-state index contributed by atoms with van der Waals surface area (Å²) in [6.45, 7) is 7.99. The highest BCUT2D eigenvalue weighted by atomic mass is 35.5. The lowest BCUT2D eigenvalue weighted by Gasteiger charge is -2.34. The lowest BCUT2D eigenvalue weighted by atomic mass is 10.1. The highest BCUT2D eigenvalue weighted by Gasteiger charge is 2.34. The number of rotatable bonds is 10. The maximum Gasteiger partial charge on any atom is 0.192 e. The van der Waals surface area contributed by atoms with Crippen LogP contribution in [0.25, 0.3) is 0 Å².